The van der Waals surface area contributed by atoms with E-state index in [0.29, 0.717) is 17.6 Å². The van der Waals surface area contributed by atoms with Crippen molar-refractivity contribution in [3.63, 3.8) is 0 Å². The monoisotopic (exact) mass is 444 g/mol. The number of nitrogens with zero attached hydrogens (tertiary/aromatic N) is 1. The molecular formula is C19H30BrN2O3P. The fourth-order valence-corrected chi connectivity index (χ4v) is 5.66. The first kappa shape index (κ1) is 23.3. The summed E-state index contributed by atoms with van der Waals surface area (Å²) in [6.45, 7) is 2.21. The molecule has 146 valence electrons. The summed E-state index contributed by atoms with van der Waals surface area (Å²) in [6, 6.07) is 9.37. The van der Waals surface area contributed by atoms with Gasteiger partial charge in [-0.3, -0.25) is 4.57 Å². The predicted octanol–water partition coefficient (Wildman–Crippen LogP) is 4.00. The van der Waals surface area contributed by atoms with Crippen molar-refractivity contribution in [2.45, 2.75) is 51.2 Å². The molecule has 0 amide bonds. The van der Waals surface area contributed by atoms with Crippen molar-refractivity contribution in [3.05, 3.63) is 35.4 Å². The molecule has 1 aliphatic rings. The third-order valence-electron chi connectivity index (χ3n) is 4.94. The van der Waals surface area contributed by atoms with Gasteiger partial charge in [0.1, 0.15) is 0 Å². The number of hydrogen-bond acceptors (Lipinski definition) is 4. The molecule has 3 N–H and O–H groups in total. The number of nitriles is 1. The van der Waals surface area contributed by atoms with Crippen LogP contribution < -0.4 is 5.32 Å². The van der Waals surface area contributed by atoms with Crippen LogP contribution in [0, 0.1) is 17.2 Å². The summed E-state index contributed by atoms with van der Waals surface area (Å²) in [4.78, 5) is 10.2. The smallest absolute Gasteiger partial charge is 0.203 e. The maximum Gasteiger partial charge on any atom is 0.203 e. The molecule has 1 aromatic rings. The third-order valence-corrected chi connectivity index (χ3v) is 7.02. The van der Waals surface area contributed by atoms with Crippen LogP contribution in [0.2, 0.25) is 0 Å². The molecule has 26 heavy (non-hydrogen) atoms. The van der Waals surface area contributed by atoms with Crippen molar-refractivity contribution in [2.75, 3.05) is 18.9 Å². The fraction of sp³-hybridized carbons (Fsp3) is 0.632. The van der Waals surface area contributed by atoms with Gasteiger partial charge >= 0.3 is 0 Å². The van der Waals surface area contributed by atoms with Gasteiger partial charge in [-0.1, -0.05) is 31.4 Å². The van der Waals surface area contributed by atoms with E-state index in [9.17, 15) is 14.6 Å². The van der Waals surface area contributed by atoms with Crippen LogP contribution in [-0.4, -0.2) is 35.0 Å². The van der Waals surface area contributed by atoms with E-state index in [1.54, 1.807) is 6.07 Å². The van der Waals surface area contributed by atoms with E-state index in [1.807, 2.05) is 25.1 Å². The molecule has 0 spiro atoms. The molecule has 1 saturated carbocycles. The van der Waals surface area contributed by atoms with Crippen molar-refractivity contribution in [1.82, 2.24) is 5.32 Å². The lowest BCUT2D eigenvalue weighted by Gasteiger charge is -2.25. The van der Waals surface area contributed by atoms with E-state index in [-0.39, 0.29) is 35.7 Å². The molecule has 0 saturated heterocycles. The minimum Gasteiger partial charge on any atom is -0.391 e. The molecule has 0 heterocycles. The Morgan fingerprint density at radius 3 is 2.69 bits per heavy atom. The highest BCUT2D eigenvalue weighted by Crippen LogP contribution is 2.45. The quantitative estimate of drug-likeness (QED) is 0.526. The van der Waals surface area contributed by atoms with Gasteiger partial charge in [0.15, 0.2) is 0 Å². The van der Waals surface area contributed by atoms with Crippen LogP contribution in [0.4, 0.5) is 0 Å². The molecule has 0 aliphatic heterocycles. The fourth-order valence-electron chi connectivity index (χ4n) is 3.55. The number of halogens is 1. The van der Waals surface area contributed by atoms with Gasteiger partial charge < -0.3 is 15.3 Å². The average Bonchev–Trinajstić information content (AvgIpc) is 2.59. The summed E-state index contributed by atoms with van der Waals surface area (Å²) >= 11 is 0. The van der Waals surface area contributed by atoms with Crippen LogP contribution >= 0.6 is 24.4 Å². The minimum absolute atomic E-state index is 0. The first-order valence-electron chi connectivity index (χ1n) is 9.12. The summed E-state index contributed by atoms with van der Waals surface area (Å²) in [5.74, 6) is 0.331. The molecule has 7 heteroatoms. The Labute approximate surface area is 167 Å². The first-order valence-corrected chi connectivity index (χ1v) is 11.1. The van der Waals surface area contributed by atoms with Gasteiger partial charge in [0.25, 0.3) is 0 Å². The zero-order valence-corrected chi connectivity index (χ0v) is 17.9. The molecule has 0 bridgehead atoms. The lowest BCUT2D eigenvalue weighted by molar-refractivity contribution is 0.186. The second-order valence-corrected chi connectivity index (χ2v) is 9.66. The molecule has 5 nitrogen and oxygen atoms in total. The summed E-state index contributed by atoms with van der Waals surface area (Å²) in [6.07, 6.45) is 5.02. The zero-order valence-electron chi connectivity index (χ0n) is 15.3. The van der Waals surface area contributed by atoms with Crippen molar-refractivity contribution >= 4 is 24.4 Å². The van der Waals surface area contributed by atoms with Gasteiger partial charge in [-0.15, -0.1) is 17.0 Å². The van der Waals surface area contributed by atoms with Crippen molar-refractivity contribution < 1.29 is 14.6 Å². The maximum absolute atomic E-state index is 12.4. The van der Waals surface area contributed by atoms with Crippen LogP contribution in [0.5, 0.6) is 0 Å². The van der Waals surface area contributed by atoms with E-state index < -0.39 is 13.5 Å². The first-order chi connectivity index (χ1) is 11.9. The number of rotatable bonds is 8. The average molecular weight is 445 g/mol. The second kappa shape index (κ2) is 11.2. The Balaban J connectivity index is 0.00000338. The molecule has 3 unspecified atom stereocenters. The van der Waals surface area contributed by atoms with Crippen LogP contribution in [0.15, 0.2) is 24.3 Å². The topological polar surface area (TPSA) is 93.3 Å². The Kier molecular flexibility index (Phi) is 10.1. The number of aliphatic hydroxyl groups excluding tert-OH is 1. The molecule has 1 fully saturated rings. The van der Waals surface area contributed by atoms with Gasteiger partial charge in [-0.2, -0.15) is 5.26 Å². The lowest BCUT2D eigenvalue weighted by Crippen LogP contribution is -2.32. The SMILES string of the molecule is Br.CC(NCC(O)CP(=O)(O)CC1CCCCC1)c1cccc(C#N)c1. The Morgan fingerprint density at radius 1 is 1.35 bits per heavy atom. The number of benzene rings is 1. The van der Waals surface area contributed by atoms with E-state index in [2.05, 4.69) is 11.4 Å². The number of hydrogen-bond donors (Lipinski definition) is 3. The zero-order chi connectivity index (χ0) is 18.3. The van der Waals surface area contributed by atoms with E-state index in [4.69, 9.17) is 5.26 Å². The Bertz CT molecular complexity index is 644. The van der Waals surface area contributed by atoms with Crippen LogP contribution in [0.25, 0.3) is 0 Å². The molecule has 0 aromatic heterocycles. The highest BCUT2D eigenvalue weighted by atomic mass is 79.9. The summed E-state index contributed by atoms with van der Waals surface area (Å²) in [5, 5.41) is 22.3. The summed E-state index contributed by atoms with van der Waals surface area (Å²) < 4.78 is 12.4. The van der Waals surface area contributed by atoms with E-state index in [0.717, 1.165) is 31.2 Å². The minimum atomic E-state index is -3.29. The standard InChI is InChI=1S/C19H29N2O3P.BrH/c1-15(18-9-5-8-17(10-18)11-20)21-12-19(22)14-25(23,24)13-16-6-3-2-4-7-16;/h5,8-10,15-16,19,21-22H,2-4,6-7,12-14H2,1H3,(H,23,24);1H. The van der Waals surface area contributed by atoms with Gasteiger partial charge in [-0.25, -0.2) is 0 Å². The largest absolute Gasteiger partial charge is 0.391 e. The molecule has 3 atom stereocenters. The molecule has 1 aliphatic carbocycles. The third kappa shape index (κ3) is 7.90. The molecule has 2 rings (SSSR count). The van der Waals surface area contributed by atoms with Crippen LogP contribution in [0.1, 0.15) is 56.2 Å². The second-order valence-electron chi connectivity index (χ2n) is 7.24. The highest BCUT2D eigenvalue weighted by molar-refractivity contribution is 8.93. The van der Waals surface area contributed by atoms with Gasteiger partial charge in [-0.05, 0) is 43.4 Å². The van der Waals surface area contributed by atoms with E-state index >= 15 is 0 Å². The molecular weight excluding hydrogens is 415 g/mol. The highest BCUT2D eigenvalue weighted by Gasteiger charge is 2.28. The number of aliphatic hydroxyl groups is 1. The normalized spacial score (nSPS) is 19.6. The maximum atomic E-state index is 12.4. The lowest BCUT2D eigenvalue weighted by atomic mass is 9.91. The van der Waals surface area contributed by atoms with Crippen molar-refractivity contribution in [3.8, 4) is 6.07 Å². The summed E-state index contributed by atoms with van der Waals surface area (Å²) in [7, 11) is -3.29. The predicted molar refractivity (Wildman–Crippen MR) is 110 cm³/mol. The van der Waals surface area contributed by atoms with Gasteiger partial charge in [0.2, 0.25) is 7.37 Å². The Hall–Kier alpha value is -0.700. The van der Waals surface area contributed by atoms with Crippen molar-refractivity contribution in [2.24, 2.45) is 5.92 Å². The van der Waals surface area contributed by atoms with E-state index in [1.165, 1.54) is 6.42 Å². The van der Waals surface area contributed by atoms with Gasteiger partial charge in [0.05, 0.1) is 23.9 Å². The number of nitrogens with one attached hydrogen (secondary N) is 1. The van der Waals surface area contributed by atoms with Crippen molar-refractivity contribution in [1.29, 1.82) is 5.26 Å². The molecule has 0 radical (unpaired) electrons. The summed E-state index contributed by atoms with van der Waals surface area (Å²) in [5.41, 5.74) is 1.56. The van der Waals surface area contributed by atoms with Gasteiger partial charge in [0, 0.05) is 18.7 Å². The Morgan fingerprint density at radius 2 is 2.04 bits per heavy atom. The van der Waals surface area contributed by atoms with Crippen LogP contribution in [0.3, 0.4) is 0 Å². The molecule has 1 aromatic carbocycles. The van der Waals surface area contributed by atoms with Crippen LogP contribution in [-0.2, 0) is 4.57 Å².